The van der Waals surface area contributed by atoms with Gasteiger partial charge in [-0.15, -0.1) is 0 Å². The highest BCUT2D eigenvalue weighted by Gasteiger charge is 2.63. The smallest absolute Gasteiger partial charge is 0.310 e. The number of ether oxygens (including phenoxy) is 1. The van der Waals surface area contributed by atoms with E-state index in [-0.39, 0.29) is 47.6 Å². The predicted octanol–water partition coefficient (Wildman–Crippen LogP) is 3.73. The fraction of sp³-hybridized carbons (Fsp3) is 0.318. The number of anilines is 2. The van der Waals surface area contributed by atoms with Crippen LogP contribution in [0.5, 0.6) is 0 Å². The zero-order valence-electron chi connectivity index (χ0n) is 15.4. The second-order valence-electron chi connectivity index (χ2n) is 7.95. The van der Waals surface area contributed by atoms with E-state index < -0.39 is 0 Å². The molecule has 3 aliphatic rings. The summed E-state index contributed by atoms with van der Waals surface area (Å²) in [7, 11) is 0. The Labute approximate surface area is 172 Å². The van der Waals surface area contributed by atoms with Crippen molar-refractivity contribution in [3.63, 3.8) is 0 Å². The van der Waals surface area contributed by atoms with E-state index in [9.17, 15) is 14.4 Å². The van der Waals surface area contributed by atoms with Gasteiger partial charge in [0, 0.05) is 27.9 Å². The van der Waals surface area contributed by atoms with Gasteiger partial charge in [-0.1, -0.05) is 17.7 Å². The lowest BCUT2D eigenvalue weighted by Crippen LogP contribution is -2.35. The topological polar surface area (TPSA) is 84.5 Å². The predicted molar refractivity (Wildman–Crippen MR) is 108 cm³/mol. The summed E-state index contributed by atoms with van der Waals surface area (Å²) in [6, 6.07) is 13.6. The molecule has 29 heavy (non-hydrogen) atoms. The number of fused-ring (bicyclic) bond motifs is 1. The molecule has 1 saturated heterocycles. The third-order valence-electron chi connectivity index (χ3n) is 6.28. The third-order valence-corrected chi connectivity index (χ3v) is 6.53. The molecule has 2 saturated carbocycles. The van der Waals surface area contributed by atoms with Gasteiger partial charge >= 0.3 is 5.97 Å². The number of carbonyl (C=O) groups excluding carboxylic acids is 3. The van der Waals surface area contributed by atoms with Crippen LogP contribution in [0.3, 0.4) is 0 Å². The van der Waals surface area contributed by atoms with Crippen LogP contribution in [0.4, 0.5) is 11.4 Å². The maximum absolute atomic E-state index is 12.9. The Kier molecular flexibility index (Phi) is 4.32. The summed E-state index contributed by atoms with van der Waals surface area (Å²) in [5.74, 6) is -0.998. The number of nitrogens with one attached hydrogen (secondary N) is 2. The lowest BCUT2D eigenvalue weighted by molar-refractivity contribution is -0.145. The molecule has 2 N–H and O–H groups in total. The van der Waals surface area contributed by atoms with E-state index in [0.29, 0.717) is 22.0 Å². The quantitative estimate of drug-likeness (QED) is 0.752. The summed E-state index contributed by atoms with van der Waals surface area (Å²) in [6.45, 7) is 0. The average molecular weight is 411 g/mol. The van der Waals surface area contributed by atoms with Gasteiger partial charge in [-0.3, -0.25) is 14.4 Å². The molecule has 0 aromatic heterocycles. The van der Waals surface area contributed by atoms with Gasteiger partial charge in [0.15, 0.2) is 0 Å². The highest BCUT2D eigenvalue weighted by Crippen LogP contribution is 2.57. The Bertz CT molecular complexity index is 1000. The first-order chi connectivity index (χ1) is 14.0. The highest BCUT2D eigenvalue weighted by molar-refractivity contribution is 6.30. The number of rotatable bonds is 4. The van der Waals surface area contributed by atoms with E-state index in [1.54, 1.807) is 48.5 Å². The molecule has 2 aromatic carbocycles. The van der Waals surface area contributed by atoms with Crippen molar-refractivity contribution < 1.29 is 19.1 Å². The number of halogens is 1. The first-order valence-electron chi connectivity index (χ1n) is 9.68. The molecular weight excluding hydrogens is 392 g/mol. The molecule has 148 valence electrons. The van der Waals surface area contributed by atoms with Crippen LogP contribution >= 0.6 is 11.6 Å². The molecule has 0 unspecified atom stereocenters. The van der Waals surface area contributed by atoms with Gasteiger partial charge in [0.25, 0.3) is 5.91 Å². The third kappa shape index (κ3) is 3.17. The van der Waals surface area contributed by atoms with Gasteiger partial charge in [-0.25, -0.2) is 0 Å². The molecule has 2 aliphatic carbocycles. The molecule has 0 radical (unpaired) electrons. The lowest BCUT2D eigenvalue weighted by atomic mass is 9.79. The zero-order chi connectivity index (χ0) is 20.1. The fourth-order valence-corrected chi connectivity index (χ4v) is 5.19. The molecule has 2 bridgehead atoms. The minimum atomic E-state index is -0.349. The fourth-order valence-electron chi connectivity index (χ4n) is 5.06. The van der Waals surface area contributed by atoms with Crippen LogP contribution in [0.1, 0.15) is 23.2 Å². The molecule has 6 nitrogen and oxygen atoms in total. The van der Waals surface area contributed by atoms with Crippen molar-refractivity contribution in [3.05, 3.63) is 59.1 Å². The second-order valence-corrected chi connectivity index (χ2v) is 8.39. The van der Waals surface area contributed by atoms with E-state index in [1.165, 1.54) is 0 Å². The Morgan fingerprint density at radius 1 is 1.00 bits per heavy atom. The molecule has 2 amide bonds. The monoisotopic (exact) mass is 410 g/mol. The van der Waals surface area contributed by atoms with Crippen molar-refractivity contribution in [3.8, 4) is 0 Å². The van der Waals surface area contributed by atoms with Gasteiger partial charge in [-0.2, -0.15) is 0 Å². The lowest BCUT2D eigenvalue weighted by Gasteiger charge is -2.23. The molecule has 7 heteroatoms. The summed E-state index contributed by atoms with van der Waals surface area (Å²) in [4.78, 5) is 37.6. The Balaban J connectivity index is 1.29. The van der Waals surface area contributed by atoms with E-state index in [1.807, 2.05) is 0 Å². The van der Waals surface area contributed by atoms with Crippen molar-refractivity contribution in [2.75, 3.05) is 10.6 Å². The van der Waals surface area contributed by atoms with Crippen LogP contribution in [-0.4, -0.2) is 23.9 Å². The molecule has 5 rings (SSSR count). The number of carbonyl (C=O) groups is 3. The number of amides is 2. The summed E-state index contributed by atoms with van der Waals surface area (Å²) < 4.78 is 5.40. The van der Waals surface area contributed by atoms with Gasteiger partial charge in [0.05, 0.1) is 11.8 Å². The maximum Gasteiger partial charge on any atom is 0.310 e. The highest BCUT2D eigenvalue weighted by atomic mass is 35.5. The van der Waals surface area contributed by atoms with Crippen LogP contribution in [0.15, 0.2) is 48.5 Å². The van der Waals surface area contributed by atoms with Gasteiger partial charge in [-0.05, 0) is 61.2 Å². The maximum atomic E-state index is 12.9. The van der Waals surface area contributed by atoms with Crippen LogP contribution in [0.25, 0.3) is 0 Å². The van der Waals surface area contributed by atoms with Gasteiger partial charge in [0.2, 0.25) is 5.91 Å². The molecule has 3 fully saturated rings. The first-order valence-corrected chi connectivity index (χ1v) is 10.1. The second kappa shape index (κ2) is 6.88. The van der Waals surface area contributed by atoms with Crippen molar-refractivity contribution in [2.24, 2.45) is 23.7 Å². The van der Waals surface area contributed by atoms with Gasteiger partial charge < -0.3 is 15.4 Å². The summed E-state index contributed by atoms with van der Waals surface area (Å²) in [6.07, 6.45) is 1.65. The largest absolute Gasteiger partial charge is 0.462 e. The average Bonchev–Trinajstić information content (AvgIpc) is 3.32. The SMILES string of the molecule is O=C(Nc1ccc(Cl)cc1)c1cccc(NC(=O)[C@@H]2[C@@H]3C[C@@H]4[C@H]2C(=O)O[C@H]4C3)c1. The van der Waals surface area contributed by atoms with Crippen molar-refractivity contribution in [1.29, 1.82) is 0 Å². The Morgan fingerprint density at radius 2 is 1.79 bits per heavy atom. The summed E-state index contributed by atoms with van der Waals surface area (Å²) >= 11 is 5.86. The van der Waals surface area contributed by atoms with E-state index in [0.717, 1.165) is 12.8 Å². The number of esters is 1. The standard InChI is InChI=1S/C22H19ClN2O4/c23-13-4-6-14(7-5-13)24-20(26)11-2-1-3-15(8-11)25-21(27)18-12-9-16-17(10-12)29-22(28)19(16)18/h1-8,12,16-19H,9-10H2,(H,24,26)(H,25,27)/t12-,16+,17+,18-,19-/m1/s1. The number of benzene rings is 2. The van der Waals surface area contributed by atoms with Crippen molar-refractivity contribution in [2.45, 2.75) is 18.9 Å². The van der Waals surface area contributed by atoms with Crippen molar-refractivity contribution in [1.82, 2.24) is 0 Å². The first kappa shape index (κ1) is 18.2. The normalized spacial score (nSPS) is 28.9. The van der Waals surface area contributed by atoms with Crippen LogP contribution in [-0.2, 0) is 14.3 Å². The zero-order valence-corrected chi connectivity index (χ0v) is 16.2. The van der Waals surface area contributed by atoms with Crippen molar-refractivity contribution >= 4 is 40.8 Å². The van der Waals surface area contributed by atoms with E-state index >= 15 is 0 Å². The molecule has 0 spiro atoms. The van der Waals surface area contributed by atoms with Crippen LogP contribution in [0, 0.1) is 23.7 Å². The Hall–Kier alpha value is -2.86. The Morgan fingerprint density at radius 3 is 2.59 bits per heavy atom. The minimum Gasteiger partial charge on any atom is -0.462 e. The molecular formula is C22H19ClN2O4. The molecule has 2 aromatic rings. The number of hydrogen-bond acceptors (Lipinski definition) is 4. The van der Waals surface area contributed by atoms with Crippen LogP contribution in [0.2, 0.25) is 5.02 Å². The molecule has 1 aliphatic heterocycles. The minimum absolute atomic E-state index is 0.00133. The molecule has 5 atom stereocenters. The van der Waals surface area contributed by atoms with Crippen LogP contribution < -0.4 is 10.6 Å². The van der Waals surface area contributed by atoms with Gasteiger partial charge in [0.1, 0.15) is 6.10 Å². The summed E-state index contributed by atoms with van der Waals surface area (Å²) in [5.41, 5.74) is 1.58. The number of hydrogen-bond donors (Lipinski definition) is 2. The molecule has 1 heterocycles. The van der Waals surface area contributed by atoms with E-state index in [4.69, 9.17) is 16.3 Å². The summed E-state index contributed by atoms with van der Waals surface area (Å²) in [5, 5.41) is 6.28. The van der Waals surface area contributed by atoms with E-state index in [2.05, 4.69) is 10.6 Å².